The van der Waals surface area contributed by atoms with Crippen LogP contribution >= 0.6 is 0 Å². The standard InChI is InChI=1S/C11H19NO.C2H6/c1-4-11(13)12(3)6-5-10-7-9(2)8-10;1-2/h4,9-10H,1,5-8H2,2-3H3;1-2H3. The normalized spacial score (nSPS) is 23.2. The van der Waals surface area contributed by atoms with Crippen LogP contribution < -0.4 is 0 Å². The van der Waals surface area contributed by atoms with E-state index in [1.807, 2.05) is 20.9 Å². The van der Waals surface area contributed by atoms with E-state index < -0.39 is 0 Å². The molecule has 1 aliphatic rings. The van der Waals surface area contributed by atoms with Crippen molar-refractivity contribution in [1.82, 2.24) is 4.90 Å². The van der Waals surface area contributed by atoms with Crippen LogP contribution in [0.5, 0.6) is 0 Å². The smallest absolute Gasteiger partial charge is 0.245 e. The number of nitrogens with zero attached hydrogens (tertiary/aromatic N) is 1. The van der Waals surface area contributed by atoms with E-state index >= 15 is 0 Å². The molecular weight excluding hydrogens is 186 g/mol. The highest BCUT2D eigenvalue weighted by molar-refractivity contribution is 5.86. The van der Waals surface area contributed by atoms with Crippen LogP contribution in [-0.2, 0) is 4.79 Å². The van der Waals surface area contributed by atoms with Crippen LogP contribution in [0.15, 0.2) is 12.7 Å². The highest BCUT2D eigenvalue weighted by atomic mass is 16.2. The van der Waals surface area contributed by atoms with Crippen LogP contribution in [0.4, 0.5) is 0 Å². The van der Waals surface area contributed by atoms with E-state index in [2.05, 4.69) is 13.5 Å². The van der Waals surface area contributed by atoms with Crippen LogP contribution in [0.2, 0.25) is 0 Å². The summed E-state index contributed by atoms with van der Waals surface area (Å²) in [6.07, 6.45) is 5.22. The zero-order valence-electron chi connectivity index (χ0n) is 10.6. The minimum atomic E-state index is 0.0346. The van der Waals surface area contributed by atoms with Gasteiger partial charge in [0.05, 0.1) is 0 Å². The van der Waals surface area contributed by atoms with Crippen molar-refractivity contribution in [3.63, 3.8) is 0 Å². The molecule has 0 bridgehead atoms. The van der Waals surface area contributed by atoms with Crippen molar-refractivity contribution in [1.29, 1.82) is 0 Å². The van der Waals surface area contributed by atoms with E-state index in [0.717, 1.165) is 24.8 Å². The third-order valence-corrected chi connectivity index (χ3v) is 2.90. The van der Waals surface area contributed by atoms with Crippen LogP contribution in [-0.4, -0.2) is 24.4 Å². The number of likely N-dealkylation sites (N-methyl/N-ethyl adjacent to an activating group) is 1. The molecule has 0 aliphatic heterocycles. The Hall–Kier alpha value is -0.790. The lowest BCUT2D eigenvalue weighted by molar-refractivity contribution is -0.125. The molecule has 0 radical (unpaired) electrons. The lowest BCUT2D eigenvalue weighted by atomic mass is 9.74. The van der Waals surface area contributed by atoms with Gasteiger partial charge >= 0.3 is 0 Å². The van der Waals surface area contributed by atoms with Gasteiger partial charge in [0.2, 0.25) is 5.91 Å². The number of carbonyl (C=O) groups is 1. The molecule has 0 heterocycles. The molecule has 1 saturated carbocycles. The van der Waals surface area contributed by atoms with Gasteiger partial charge in [-0.25, -0.2) is 0 Å². The fourth-order valence-corrected chi connectivity index (χ4v) is 1.95. The third kappa shape index (κ3) is 5.01. The van der Waals surface area contributed by atoms with Crippen molar-refractivity contribution < 1.29 is 4.79 Å². The summed E-state index contributed by atoms with van der Waals surface area (Å²) in [6.45, 7) is 10.6. The van der Waals surface area contributed by atoms with E-state index in [1.165, 1.54) is 18.9 Å². The predicted molar refractivity (Wildman–Crippen MR) is 65.7 cm³/mol. The Morgan fingerprint density at radius 3 is 2.40 bits per heavy atom. The van der Waals surface area contributed by atoms with Crippen molar-refractivity contribution in [3.05, 3.63) is 12.7 Å². The van der Waals surface area contributed by atoms with Crippen molar-refractivity contribution in [3.8, 4) is 0 Å². The second kappa shape index (κ2) is 7.49. The molecule has 1 rings (SSSR count). The largest absolute Gasteiger partial charge is 0.342 e. The first-order valence-electron chi connectivity index (χ1n) is 6.01. The van der Waals surface area contributed by atoms with Crippen LogP contribution in [0.1, 0.15) is 40.0 Å². The minimum absolute atomic E-state index is 0.0346. The summed E-state index contributed by atoms with van der Waals surface area (Å²) in [4.78, 5) is 12.8. The zero-order chi connectivity index (χ0) is 11.8. The van der Waals surface area contributed by atoms with Crippen molar-refractivity contribution in [2.45, 2.75) is 40.0 Å². The molecule has 0 aromatic carbocycles. The molecule has 1 aliphatic carbocycles. The fraction of sp³-hybridized carbons (Fsp3) is 0.769. The molecule has 1 fully saturated rings. The third-order valence-electron chi connectivity index (χ3n) is 2.90. The first-order chi connectivity index (χ1) is 7.13. The SMILES string of the molecule is C=CC(=O)N(C)CCC1CC(C)C1.CC. The molecule has 0 unspecified atom stereocenters. The average Bonchev–Trinajstić information content (AvgIpc) is 2.24. The summed E-state index contributed by atoms with van der Waals surface area (Å²) in [7, 11) is 1.84. The van der Waals surface area contributed by atoms with Crippen LogP contribution in [0.25, 0.3) is 0 Å². The van der Waals surface area contributed by atoms with Gasteiger partial charge in [-0.3, -0.25) is 4.79 Å². The predicted octanol–water partition coefficient (Wildman–Crippen LogP) is 3.09. The number of hydrogen-bond donors (Lipinski definition) is 0. The fourth-order valence-electron chi connectivity index (χ4n) is 1.95. The van der Waals surface area contributed by atoms with E-state index in [9.17, 15) is 4.79 Å². The molecule has 2 heteroatoms. The number of amides is 1. The van der Waals surface area contributed by atoms with Gasteiger partial charge < -0.3 is 4.90 Å². The number of carbonyl (C=O) groups excluding carboxylic acids is 1. The Labute approximate surface area is 94.4 Å². The highest BCUT2D eigenvalue weighted by Gasteiger charge is 2.25. The van der Waals surface area contributed by atoms with Gasteiger partial charge in [-0.1, -0.05) is 27.4 Å². The molecule has 88 valence electrons. The maximum absolute atomic E-state index is 11.1. The van der Waals surface area contributed by atoms with E-state index in [1.54, 1.807) is 4.90 Å². The minimum Gasteiger partial charge on any atom is -0.342 e. The lowest BCUT2D eigenvalue weighted by Crippen LogP contribution is -2.30. The van der Waals surface area contributed by atoms with Crippen molar-refractivity contribution >= 4 is 5.91 Å². The van der Waals surface area contributed by atoms with E-state index in [4.69, 9.17) is 0 Å². The Bertz CT molecular complexity index is 195. The number of hydrogen-bond acceptors (Lipinski definition) is 1. The lowest BCUT2D eigenvalue weighted by Gasteiger charge is -2.33. The first-order valence-corrected chi connectivity index (χ1v) is 6.01. The van der Waals surface area contributed by atoms with Crippen molar-refractivity contribution in [2.75, 3.05) is 13.6 Å². The van der Waals surface area contributed by atoms with Gasteiger partial charge in [-0.05, 0) is 37.2 Å². The first kappa shape index (κ1) is 14.2. The van der Waals surface area contributed by atoms with Crippen molar-refractivity contribution in [2.24, 2.45) is 11.8 Å². The van der Waals surface area contributed by atoms with Crippen LogP contribution in [0.3, 0.4) is 0 Å². The van der Waals surface area contributed by atoms with E-state index in [0.29, 0.717) is 0 Å². The summed E-state index contributed by atoms with van der Waals surface area (Å²) in [5, 5.41) is 0. The highest BCUT2D eigenvalue weighted by Crippen LogP contribution is 2.35. The molecule has 0 N–H and O–H groups in total. The van der Waals surface area contributed by atoms with Gasteiger partial charge in [-0.15, -0.1) is 0 Å². The Morgan fingerprint density at radius 1 is 1.47 bits per heavy atom. The quantitative estimate of drug-likeness (QED) is 0.654. The Kier molecular flexibility index (Phi) is 7.10. The monoisotopic (exact) mass is 211 g/mol. The molecule has 0 saturated heterocycles. The topological polar surface area (TPSA) is 20.3 Å². The van der Waals surface area contributed by atoms with Crippen LogP contribution in [0, 0.1) is 11.8 Å². The molecule has 0 aromatic rings. The maximum atomic E-state index is 11.1. The van der Waals surface area contributed by atoms with E-state index in [-0.39, 0.29) is 5.91 Å². The molecule has 1 amide bonds. The zero-order valence-corrected chi connectivity index (χ0v) is 10.6. The number of rotatable bonds is 4. The summed E-state index contributed by atoms with van der Waals surface area (Å²) in [5.74, 6) is 1.80. The average molecular weight is 211 g/mol. The summed E-state index contributed by atoms with van der Waals surface area (Å²) >= 11 is 0. The van der Waals surface area contributed by atoms with Gasteiger partial charge in [0.25, 0.3) is 0 Å². The Balaban J connectivity index is 0.000000921. The molecule has 2 nitrogen and oxygen atoms in total. The summed E-state index contributed by atoms with van der Waals surface area (Å²) < 4.78 is 0. The Morgan fingerprint density at radius 2 is 2.00 bits per heavy atom. The van der Waals surface area contributed by atoms with Gasteiger partial charge in [0.1, 0.15) is 0 Å². The molecule has 15 heavy (non-hydrogen) atoms. The summed E-state index contributed by atoms with van der Waals surface area (Å²) in [6, 6.07) is 0. The maximum Gasteiger partial charge on any atom is 0.245 e. The van der Waals surface area contributed by atoms with Gasteiger partial charge in [0, 0.05) is 13.6 Å². The molecule has 0 spiro atoms. The van der Waals surface area contributed by atoms with Gasteiger partial charge in [0.15, 0.2) is 0 Å². The molecule has 0 atom stereocenters. The molecular formula is C13H25NO. The second-order valence-electron chi connectivity index (χ2n) is 4.20. The second-order valence-corrected chi connectivity index (χ2v) is 4.20. The van der Waals surface area contributed by atoms with Gasteiger partial charge in [-0.2, -0.15) is 0 Å². The summed E-state index contributed by atoms with van der Waals surface area (Å²) in [5.41, 5.74) is 0. The molecule has 0 aromatic heterocycles.